The number of hydrogen-bond donors (Lipinski definition) is 0. The summed E-state index contributed by atoms with van der Waals surface area (Å²) in [4.78, 5) is 9.30. The lowest BCUT2D eigenvalue weighted by Crippen LogP contribution is -2.63. The predicted molar refractivity (Wildman–Crippen MR) is 136 cm³/mol. The molecule has 9 unspecified atom stereocenters. The molecule has 0 bridgehead atoms. The van der Waals surface area contributed by atoms with Gasteiger partial charge in [-0.3, -0.25) is 0 Å². The van der Waals surface area contributed by atoms with Crippen LogP contribution in [0.4, 0.5) is 0 Å². The minimum Gasteiger partial charge on any atom is -0.245 e. The van der Waals surface area contributed by atoms with E-state index in [4.69, 9.17) is 4.98 Å². The molecule has 6 rings (SSSR count). The Morgan fingerprint density at radius 3 is 2.48 bits per heavy atom. The number of hydrogen-bond acceptors (Lipinski definition) is 2. The molecule has 0 aliphatic heterocycles. The molecule has 180 valence electrons. The Bertz CT molecular complexity index is 990. The Labute approximate surface area is 202 Å². The van der Waals surface area contributed by atoms with E-state index in [1.54, 1.807) is 6.33 Å². The molecule has 3 saturated carbocycles. The van der Waals surface area contributed by atoms with Crippen molar-refractivity contribution >= 4 is 0 Å². The van der Waals surface area contributed by atoms with Crippen LogP contribution in [0.1, 0.15) is 105 Å². The van der Waals surface area contributed by atoms with Crippen LogP contribution in [0.25, 0.3) is 0 Å². The third kappa shape index (κ3) is 2.68. The summed E-state index contributed by atoms with van der Waals surface area (Å²) in [6, 6.07) is 0. The Kier molecular flexibility index (Phi) is 4.69. The lowest BCUT2D eigenvalue weighted by atomic mass is 9.34. The second-order valence-corrected chi connectivity index (χ2v) is 14.3. The predicted octanol–water partition coefficient (Wildman–Crippen LogP) is 7.78. The van der Waals surface area contributed by atoms with Gasteiger partial charge in [0.25, 0.3) is 0 Å². The Morgan fingerprint density at radius 1 is 0.909 bits per heavy atom. The second-order valence-electron chi connectivity index (χ2n) is 14.3. The largest absolute Gasteiger partial charge is 0.245 e. The van der Waals surface area contributed by atoms with Crippen molar-refractivity contribution in [1.82, 2.24) is 9.97 Å². The van der Waals surface area contributed by atoms with Crippen LogP contribution in [0.5, 0.6) is 0 Å². The molecule has 5 aliphatic carbocycles. The average Bonchev–Trinajstić information content (AvgIpc) is 2.76. The van der Waals surface area contributed by atoms with Crippen molar-refractivity contribution in [2.45, 2.75) is 105 Å². The van der Waals surface area contributed by atoms with Crippen LogP contribution in [-0.4, -0.2) is 9.97 Å². The molecule has 2 nitrogen and oxygen atoms in total. The van der Waals surface area contributed by atoms with Crippen molar-refractivity contribution in [3.05, 3.63) is 35.4 Å². The van der Waals surface area contributed by atoms with E-state index in [9.17, 15) is 0 Å². The zero-order valence-electron chi connectivity index (χ0n) is 22.2. The maximum absolute atomic E-state index is 4.83. The number of rotatable bonds is 0. The number of nitrogens with zero attached hydrogens (tertiary/aromatic N) is 2. The van der Waals surface area contributed by atoms with E-state index < -0.39 is 0 Å². The summed E-state index contributed by atoms with van der Waals surface area (Å²) in [6.07, 6.45) is 17.7. The molecule has 33 heavy (non-hydrogen) atoms. The van der Waals surface area contributed by atoms with Crippen LogP contribution < -0.4 is 0 Å². The van der Waals surface area contributed by atoms with Crippen LogP contribution >= 0.6 is 0 Å². The van der Waals surface area contributed by atoms with E-state index in [1.807, 2.05) is 5.57 Å². The van der Waals surface area contributed by atoms with Gasteiger partial charge in [-0.2, -0.15) is 0 Å². The molecule has 0 saturated heterocycles. The topological polar surface area (TPSA) is 25.8 Å². The van der Waals surface area contributed by atoms with Gasteiger partial charge in [0.15, 0.2) is 0 Å². The highest BCUT2D eigenvalue weighted by molar-refractivity contribution is 5.37. The van der Waals surface area contributed by atoms with E-state index in [2.05, 4.69) is 65.7 Å². The zero-order valence-corrected chi connectivity index (χ0v) is 22.2. The van der Waals surface area contributed by atoms with E-state index in [-0.39, 0.29) is 5.41 Å². The van der Waals surface area contributed by atoms with Gasteiger partial charge in [-0.25, -0.2) is 9.97 Å². The fourth-order valence-corrected chi connectivity index (χ4v) is 11.0. The molecule has 0 radical (unpaired) electrons. The molecule has 1 aromatic rings. The first-order chi connectivity index (χ1) is 15.5. The minimum absolute atomic E-state index is 0.127. The van der Waals surface area contributed by atoms with Crippen LogP contribution in [-0.2, 0) is 11.8 Å². The molecule has 5 aliphatic rings. The SMILES string of the molecule is CC1CCC2CCC3(C)C(=CCC4C5(C)Cc6cncnc6C(C)(C)C5CCC43C)C2C1C. The van der Waals surface area contributed by atoms with Crippen molar-refractivity contribution in [1.29, 1.82) is 0 Å². The Morgan fingerprint density at radius 2 is 1.70 bits per heavy atom. The Hall–Kier alpha value is -1.18. The van der Waals surface area contributed by atoms with Gasteiger partial charge >= 0.3 is 0 Å². The van der Waals surface area contributed by atoms with E-state index in [1.165, 1.54) is 56.2 Å². The fourth-order valence-electron chi connectivity index (χ4n) is 11.0. The van der Waals surface area contributed by atoms with Gasteiger partial charge in [-0.15, -0.1) is 0 Å². The molecule has 3 fully saturated rings. The first-order valence-corrected chi connectivity index (χ1v) is 14.0. The summed E-state index contributed by atoms with van der Waals surface area (Å²) in [5, 5.41) is 0. The van der Waals surface area contributed by atoms with Gasteiger partial charge in [0.1, 0.15) is 6.33 Å². The number of allylic oxidation sites excluding steroid dienone is 2. The molecule has 0 aromatic carbocycles. The third-order valence-corrected chi connectivity index (χ3v) is 13.0. The van der Waals surface area contributed by atoms with Crippen molar-refractivity contribution in [2.24, 2.45) is 51.8 Å². The third-order valence-electron chi connectivity index (χ3n) is 13.0. The van der Waals surface area contributed by atoms with Crippen molar-refractivity contribution in [3.8, 4) is 0 Å². The highest BCUT2D eigenvalue weighted by atomic mass is 14.9. The van der Waals surface area contributed by atoms with Crippen LogP contribution in [0.15, 0.2) is 24.2 Å². The fraction of sp³-hybridized carbons (Fsp3) is 0.806. The molecule has 2 heteroatoms. The Balaban J connectivity index is 1.46. The van der Waals surface area contributed by atoms with Gasteiger partial charge in [-0.05, 0) is 102 Å². The highest BCUT2D eigenvalue weighted by Crippen LogP contribution is 2.73. The molecule has 1 aromatic heterocycles. The molecule has 9 atom stereocenters. The smallest absolute Gasteiger partial charge is 0.115 e. The normalized spacial score (nSPS) is 50.1. The van der Waals surface area contributed by atoms with E-state index >= 15 is 0 Å². The number of fused-ring (bicyclic) bond motifs is 8. The molecular formula is C31H46N2. The minimum atomic E-state index is 0.127. The lowest BCUT2D eigenvalue weighted by molar-refractivity contribution is -0.154. The highest BCUT2D eigenvalue weighted by Gasteiger charge is 2.66. The summed E-state index contributed by atoms with van der Waals surface area (Å²) < 4.78 is 0. The first-order valence-electron chi connectivity index (χ1n) is 14.0. The van der Waals surface area contributed by atoms with Gasteiger partial charge < -0.3 is 0 Å². The van der Waals surface area contributed by atoms with Gasteiger partial charge in [0.2, 0.25) is 0 Å². The van der Waals surface area contributed by atoms with Crippen molar-refractivity contribution in [3.63, 3.8) is 0 Å². The molecule has 0 amide bonds. The zero-order chi connectivity index (χ0) is 23.4. The van der Waals surface area contributed by atoms with Crippen LogP contribution in [0.3, 0.4) is 0 Å². The summed E-state index contributed by atoms with van der Waals surface area (Å²) in [5.41, 5.74) is 5.86. The lowest BCUT2D eigenvalue weighted by Gasteiger charge is -2.70. The van der Waals surface area contributed by atoms with Gasteiger partial charge in [0.05, 0.1) is 5.69 Å². The van der Waals surface area contributed by atoms with E-state index in [0.717, 1.165) is 36.0 Å². The van der Waals surface area contributed by atoms with Crippen LogP contribution in [0, 0.1) is 51.8 Å². The maximum Gasteiger partial charge on any atom is 0.115 e. The maximum atomic E-state index is 4.83. The van der Waals surface area contributed by atoms with E-state index in [0.29, 0.717) is 22.2 Å². The first kappa shape index (κ1) is 22.3. The van der Waals surface area contributed by atoms with Crippen LogP contribution in [0.2, 0.25) is 0 Å². The summed E-state index contributed by atoms with van der Waals surface area (Å²) >= 11 is 0. The van der Waals surface area contributed by atoms with Gasteiger partial charge in [0, 0.05) is 11.6 Å². The average molecular weight is 447 g/mol. The standard InChI is InChI=1S/C31H46N2/c1-19-8-9-21-12-14-30(6)23(26(21)20(19)2)10-11-25-29(5)16-22-17-32-18-33-27(22)28(3,4)24(29)13-15-31(25,30)7/h10,17-21,24-26H,8-9,11-16H2,1-7H3. The monoisotopic (exact) mass is 446 g/mol. The summed E-state index contributed by atoms with van der Waals surface area (Å²) in [7, 11) is 0. The van der Waals surface area contributed by atoms with Crippen molar-refractivity contribution < 1.29 is 0 Å². The second kappa shape index (κ2) is 6.94. The van der Waals surface area contributed by atoms with Crippen molar-refractivity contribution in [2.75, 3.05) is 0 Å². The molecular weight excluding hydrogens is 400 g/mol. The quantitative estimate of drug-likeness (QED) is 0.380. The molecule has 1 heterocycles. The van der Waals surface area contributed by atoms with Gasteiger partial charge in [-0.1, -0.05) is 66.5 Å². The molecule has 0 spiro atoms. The number of aromatic nitrogens is 2. The molecule has 0 N–H and O–H groups in total. The summed E-state index contributed by atoms with van der Waals surface area (Å²) in [5.74, 6) is 4.96. The summed E-state index contributed by atoms with van der Waals surface area (Å²) in [6.45, 7) is 18.2.